The molecule has 0 saturated heterocycles. The SMILES string of the molecule is CC1=C(c2ccccc2)C=CN=C(Nc2c(Cl)ccc3c(N)noc23)C1. The minimum Gasteiger partial charge on any atom is -0.380 e. The number of allylic oxidation sites excluding steroid dienone is 2. The molecule has 5 nitrogen and oxygen atoms in total. The average molecular weight is 365 g/mol. The van der Waals surface area contributed by atoms with E-state index in [1.54, 1.807) is 18.3 Å². The highest BCUT2D eigenvalue weighted by atomic mass is 35.5. The molecule has 1 aromatic heterocycles. The number of halogens is 1. The molecule has 2 heterocycles. The van der Waals surface area contributed by atoms with Crippen LogP contribution in [0.5, 0.6) is 0 Å². The molecule has 1 aliphatic heterocycles. The number of fused-ring (bicyclic) bond motifs is 1. The summed E-state index contributed by atoms with van der Waals surface area (Å²) >= 11 is 6.36. The number of nitrogen functional groups attached to an aromatic ring is 1. The van der Waals surface area contributed by atoms with Gasteiger partial charge in [0.1, 0.15) is 11.5 Å². The summed E-state index contributed by atoms with van der Waals surface area (Å²) in [6, 6.07) is 13.8. The van der Waals surface area contributed by atoms with Crippen LogP contribution in [-0.2, 0) is 0 Å². The molecule has 130 valence electrons. The Hall–Kier alpha value is -3.05. The lowest BCUT2D eigenvalue weighted by molar-refractivity contribution is 0.461. The quantitative estimate of drug-likeness (QED) is 0.649. The standard InChI is InChI=1S/C20H17ClN4O/c1-12-11-17(23-10-9-14(12)13-5-3-2-4-6-13)24-18-16(21)8-7-15-19(18)26-25-20(15)22/h2-10H,11H2,1H3,(H2,22,25)(H,23,24). The zero-order valence-corrected chi connectivity index (χ0v) is 14.9. The van der Waals surface area contributed by atoms with Crippen LogP contribution in [0.25, 0.3) is 16.5 Å². The van der Waals surface area contributed by atoms with Crippen LogP contribution < -0.4 is 11.1 Å². The maximum absolute atomic E-state index is 6.36. The molecule has 4 rings (SSSR count). The van der Waals surface area contributed by atoms with Crippen LogP contribution in [0.4, 0.5) is 11.5 Å². The van der Waals surface area contributed by atoms with Crippen molar-refractivity contribution >= 4 is 45.5 Å². The molecule has 2 aromatic carbocycles. The Bertz CT molecular complexity index is 1060. The minimum atomic E-state index is 0.338. The maximum atomic E-state index is 6.36. The summed E-state index contributed by atoms with van der Waals surface area (Å²) < 4.78 is 5.34. The van der Waals surface area contributed by atoms with E-state index in [0.29, 0.717) is 28.5 Å². The summed E-state index contributed by atoms with van der Waals surface area (Å²) in [7, 11) is 0. The van der Waals surface area contributed by atoms with Crippen molar-refractivity contribution in [1.82, 2.24) is 5.16 Å². The van der Waals surface area contributed by atoms with Gasteiger partial charge in [-0.3, -0.25) is 0 Å². The third kappa shape index (κ3) is 2.97. The molecular weight excluding hydrogens is 348 g/mol. The second kappa shape index (κ2) is 6.69. The van der Waals surface area contributed by atoms with Gasteiger partial charge >= 0.3 is 0 Å². The topological polar surface area (TPSA) is 76.4 Å². The third-order valence-corrected chi connectivity index (χ3v) is 4.65. The van der Waals surface area contributed by atoms with Gasteiger partial charge < -0.3 is 15.6 Å². The predicted molar refractivity (Wildman–Crippen MR) is 107 cm³/mol. The number of rotatable bonds is 2. The van der Waals surface area contributed by atoms with Gasteiger partial charge in [0.2, 0.25) is 0 Å². The van der Waals surface area contributed by atoms with Gasteiger partial charge in [-0.25, -0.2) is 4.99 Å². The number of aliphatic imine (C=N–C) groups is 1. The average Bonchev–Trinajstić information content (AvgIpc) is 2.91. The van der Waals surface area contributed by atoms with E-state index >= 15 is 0 Å². The molecule has 0 saturated carbocycles. The van der Waals surface area contributed by atoms with E-state index in [2.05, 4.69) is 34.5 Å². The molecule has 0 fully saturated rings. The second-order valence-corrected chi connectivity index (χ2v) is 6.53. The first kappa shape index (κ1) is 16.4. The Morgan fingerprint density at radius 1 is 1.15 bits per heavy atom. The molecule has 1 aliphatic rings. The van der Waals surface area contributed by atoms with Gasteiger partial charge in [0.15, 0.2) is 11.4 Å². The molecule has 26 heavy (non-hydrogen) atoms. The van der Waals surface area contributed by atoms with Crippen LogP contribution in [0.2, 0.25) is 5.02 Å². The first-order valence-electron chi connectivity index (χ1n) is 8.22. The fraction of sp³-hybridized carbons (Fsp3) is 0.100. The van der Waals surface area contributed by atoms with Crippen molar-refractivity contribution in [3.05, 3.63) is 70.9 Å². The minimum absolute atomic E-state index is 0.338. The van der Waals surface area contributed by atoms with Crippen molar-refractivity contribution in [2.75, 3.05) is 11.1 Å². The van der Waals surface area contributed by atoms with Gasteiger partial charge in [-0.15, -0.1) is 0 Å². The molecular formula is C20H17ClN4O. The summed E-state index contributed by atoms with van der Waals surface area (Å²) in [5, 5.41) is 8.35. The van der Waals surface area contributed by atoms with Gasteiger partial charge in [-0.05, 0) is 36.3 Å². The molecule has 3 aromatic rings. The number of anilines is 2. The zero-order chi connectivity index (χ0) is 18.1. The molecule has 0 aliphatic carbocycles. The van der Waals surface area contributed by atoms with Crippen molar-refractivity contribution in [2.45, 2.75) is 13.3 Å². The van der Waals surface area contributed by atoms with Crippen LogP contribution in [0.15, 0.2) is 69.8 Å². The van der Waals surface area contributed by atoms with E-state index in [1.165, 1.54) is 16.7 Å². The van der Waals surface area contributed by atoms with Gasteiger partial charge in [-0.2, -0.15) is 0 Å². The van der Waals surface area contributed by atoms with Crippen molar-refractivity contribution in [3.8, 4) is 0 Å². The summed E-state index contributed by atoms with van der Waals surface area (Å²) in [6.07, 6.45) is 4.48. The number of benzene rings is 2. The summed E-state index contributed by atoms with van der Waals surface area (Å²) in [6.45, 7) is 2.10. The molecule has 3 N–H and O–H groups in total. The first-order valence-corrected chi connectivity index (χ1v) is 8.60. The number of hydrogen-bond donors (Lipinski definition) is 2. The lowest BCUT2D eigenvalue weighted by Gasteiger charge is -2.12. The lowest BCUT2D eigenvalue weighted by Crippen LogP contribution is -2.12. The molecule has 6 heteroatoms. The third-order valence-electron chi connectivity index (χ3n) is 4.34. The van der Waals surface area contributed by atoms with Crippen LogP contribution in [0, 0.1) is 0 Å². The highest BCUT2D eigenvalue weighted by Gasteiger charge is 2.16. The number of aromatic nitrogens is 1. The Balaban J connectivity index is 1.67. The van der Waals surface area contributed by atoms with Crippen molar-refractivity contribution in [2.24, 2.45) is 4.99 Å². The highest BCUT2D eigenvalue weighted by molar-refractivity contribution is 6.35. The first-order chi connectivity index (χ1) is 12.6. The fourth-order valence-corrected chi connectivity index (χ4v) is 3.23. The molecule has 0 spiro atoms. The second-order valence-electron chi connectivity index (χ2n) is 6.12. The predicted octanol–water partition coefficient (Wildman–Crippen LogP) is 5.26. The summed E-state index contributed by atoms with van der Waals surface area (Å²) in [5.41, 5.74) is 10.5. The summed E-state index contributed by atoms with van der Waals surface area (Å²) in [5.74, 6) is 1.11. The molecule has 0 bridgehead atoms. The zero-order valence-electron chi connectivity index (χ0n) is 14.2. The summed E-state index contributed by atoms with van der Waals surface area (Å²) in [4.78, 5) is 4.53. The maximum Gasteiger partial charge on any atom is 0.194 e. The van der Waals surface area contributed by atoms with Crippen molar-refractivity contribution < 1.29 is 4.52 Å². The van der Waals surface area contributed by atoms with E-state index in [4.69, 9.17) is 21.9 Å². The van der Waals surface area contributed by atoms with E-state index in [0.717, 1.165) is 11.2 Å². The number of amidine groups is 1. The van der Waals surface area contributed by atoms with Crippen molar-refractivity contribution in [3.63, 3.8) is 0 Å². The van der Waals surface area contributed by atoms with Gasteiger partial charge in [0, 0.05) is 12.6 Å². The normalized spacial score (nSPS) is 14.5. The Kier molecular flexibility index (Phi) is 4.22. The van der Waals surface area contributed by atoms with E-state index in [-0.39, 0.29) is 0 Å². The van der Waals surface area contributed by atoms with Crippen LogP contribution >= 0.6 is 11.6 Å². The Labute approximate surface area is 155 Å². The fourth-order valence-electron chi connectivity index (χ4n) is 3.03. The smallest absolute Gasteiger partial charge is 0.194 e. The number of hydrogen-bond acceptors (Lipinski definition) is 5. The van der Waals surface area contributed by atoms with Gasteiger partial charge in [0.25, 0.3) is 0 Å². The van der Waals surface area contributed by atoms with Crippen LogP contribution in [0.3, 0.4) is 0 Å². The van der Waals surface area contributed by atoms with Crippen LogP contribution in [-0.4, -0.2) is 11.0 Å². The highest BCUT2D eigenvalue weighted by Crippen LogP contribution is 2.34. The van der Waals surface area contributed by atoms with Crippen molar-refractivity contribution in [1.29, 1.82) is 0 Å². The van der Waals surface area contributed by atoms with Crippen LogP contribution in [0.1, 0.15) is 18.9 Å². The largest absolute Gasteiger partial charge is 0.380 e. The van der Waals surface area contributed by atoms with E-state index in [1.807, 2.05) is 24.3 Å². The van der Waals surface area contributed by atoms with E-state index in [9.17, 15) is 0 Å². The molecule has 0 radical (unpaired) electrons. The lowest BCUT2D eigenvalue weighted by atomic mass is 9.99. The monoisotopic (exact) mass is 364 g/mol. The molecule has 0 unspecified atom stereocenters. The van der Waals surface area contributed by atoms with Gasteiger partial charge in [0.05, 0.1) is 10.4 Å². The Morgan fingerprint density at radius 3 is 2.77 bits per heavy atom. The Morgan fingerprint density at radius 2 is 1.96 bits per heavy atom. The number of nitrogens with two attached hydrogens (primary N) is 1. The van der Waals surface area contributed by atoms with Gasteiger partial charge in [-0.1, -0.05) is 52.7 Å². The molecule has 0 amide bonds. The molecule has 0 atom stereocenters. The van der Waals surface area contributed by atoms with E-state index < -0.39 is 0 Å². The number of nitrogens with one attached hydrogen (secondary N) is 1. The number of nitrogens with zero attached hydrogens (tertiary/aromatic N) is 2.